The Kier molecular flexibility index (Phi) is 15.8. The number of aromatic nitrogens is 2. The van der Waals surface area contributed by atoms with Crippen molar-refractivity contribution < 1.29 is 24.3 Å². The molecular formula is C27H42N6O6. The Morgan fingerprint density at radius 3 is 2.38 bits per heavy atom. The number of aromatic amines is 1. The van der Waals surface area contributed by atoms with E-state index in [0.717, 1.165) is 26.1 Å². The molecule has 1 rings (SSSR count). The number of amides is 3. The molecule has 1 heterocycles. The number of carbonyl (C=O) groups is 4. The monoisotopic (exact) mass is 546 g/mol. The van der Waals surface area contributed by atoms with Crippen LogP contribution >= 0.6 is 0 Å². The van der Waals surface area contributed by atoms with Crippen molar-refractivity contribution >= 4 is 23.7 Å². The minimum atomic E-state index is -1.18. The maximum atomic E-state index is 13.1. The highest BCUT2D eigenvalue weighted by Gasteiger charge is 2.28. The number of hydrogen-bond donors (Lipinski definition) is 5. The summed E-state index contributed by atoms with van der Waals surface area (Å²) in [5, 5.41) is 16.7. The molecule has 0 bridgehead atoms. The summed E-state index contributed by atoms with van der Waals surface area (Å²) in [5.41, 5.74) is 0.106. The van der Waals surface area contributed by atoms with Gasteiger partial charge < -0.3 is 30.9 Å². The van der Waals surface area contributed by atoms with Crippen LogP contribution in [0.3, 0.4) is 0 Å². The second kappa shape index (κ2) is 18.5. The lowest BCUT2D eigenvalue weighted by Gasteiger charge is -2.25. The molecule has 0 aliphatic carbocycles. The molecule has 0 aromatic carbocycles. The number of aliphatic carboxylic acids is 1. The fourth-order valence-corrected chi connectivity index (χ4v) is 3.73. The Morgan fingerprint density at radius 1 is 1.08 bits per heavy atom. The van der Waals surface area contributed by atoms with Gasteiger partial charge >= 0.3 is 11.7 Å². The van der Waals surface area contributed by atoms with Crippen molar-refractivity contribution in [2.75, 3.05) is 26.2 Å². The summed E-state index contributed by atoms with van der Waals surface area (Å²) in [6.07, 6.45) is 5.72. The number of nitrogens with zero attached hydrogens (tertiary/aromatic N) is 2. The van der Waals surface area contributed by atoms with Gasteiger partial charge in [-0.2, -0.15) is 0 Å². The van der Waals surface area contributed by atoms with Crippen molar-refractivity contribution in [3.8, 4) is 11.8 Å². The number of carbonyl (C=O) groups excluding carboxylic acids is 3. The lowest BCUT2D eigenvalue weighted by molar-refractivity contribution is -0.138. The Labute approximate surface area is 229 Å². The van der Waals surface area contributed by atoms with Crippen LogP contribution in [-0.4, -0.2) is 81.9 Å². The molecule has 0 saturated heterocycles. The second-order valence-corrected chi connectivity index (χ2v) is 9.45. The number of hydrogen-bond acceptors (Lipinski definition) is 7. The van der Waals surface area contributed by atoms with Crippen LogP contribution in [0.25, 0.3) is 0 Å². The molecule has 5 N–H and O–H groups in total. The van der Waals surface area contributed by atoms with Gasteiger partial charge in [-0.15, -0.1) is 0 Å². The van der Waals surface area contributed by atoms with Crippen molar-refractivity contribution in [2.24, 2.45) is 5.92 Å². The summed E-state index contributed by atoms with van der Waals surface area (Å²) >= 11 is 0. The van der Waals surface area contributed by atoms with Gasteiger partial charge in [0, 0.05) is 25.2 Å². The molecule has 0 unspecified atom stereocenters. The van der Waals surface area contributed by atoms with Crippen molar-refractivity contribution in [2.45, 2.75) is 78.3 Å². The number of H-pyrrole nitrogens is 1. The van der Waals surface area contributed by atoms with Gasteiger partial charge in [-0.1, -0.05) is 39.5 Å². The minimum absolute atomic E-state index is 0.156. The predicted octanol–water partition coefficient (Wildman–Crippen LogP) is 0.630. The first-order valence-corrected chi connectivity index (χ1v) is 13.4. The summed E-state index contributed by atoms with van der Waals surface area (Å²) < 4.78 is 0. The van der Waals surface area contributed by atoms with Crippen molar-refractivity contribution in [3.63, 3.8) is 0 Å². The van der Waals surface area contributed by atoms with Gasteiger partial charge in [-0.25, -0.2) is 9.78 Å². The molecular weight excluding hydrogens is 504 g/mol. The SMILES string of the molecule is CCN(CC)CCCC[C@H](NC(=O)[C@@H](NC(=O)CCCC#Cc1cnc(=O)[nH]c1)C(C)C)C(=O)NCC(=O)O. The van der Waals surface area contributed by atoms with Crippen LogP contribution in [-0.2, 0) is 19.2 Å². The molecule has 3 amide bonds. The lowest BCUT2D eigenvalue weighted by Crippen LogP contribution is -2.55. The van der Waals surface area contributed by atoms with E-state index in [9.17, 15) is 24.0 Å². The second-order valence-electron chi connectivity index (χ2n) is 9.45. The van der Waals surface area contributed by atoms with Gasteiger partial charge in [0.25, 0.3) is 0 Å². The molecule has 0 saturated carbocycles. The van der Waals surface area contributed by atoms with E-state index in [0.29, 0.717) is 31.2 Å². The van der Waals surface area contributed by atoms with Gasteiger partial charge in [-0.3, -0.25) is 19.2 Å². The largest absolute Gasteiger partial charge is 0.480 e. The number of unbranched alkanes of at least 4 members (excludes halogenated alkanes) is 2. The van der Waals surface area contributed by atoms with Gasteiger partial charge in [-0.05, 0) is 51.2 Å². The van der Waals surface area contributed by atoms with Crippen LogP contribution < -0.4 is 21.6 Å². The van der Waals surface area contributed by atoms with E-state index >= 15 is 0 Å². The van der Waals surface area contributed by atoms with Gasteiger partial charge in [0.1, 0.15) is 18.6 Å². The molecule has 12 heteroatoms. The molecule has 39 heavy (non-hydrogen) atoms. The van der Waals surface area contributed by atoms with Gasteiger partial charge in [0.2, 0.25) is 17.7 Å². The zero-order valence-electron chi connectivity index (χ0n) is 23.3. The predicted molar refractivity (Wildman–Crippen MR) is 147 cm³/mol. The molecule has 0 aliphatic heterocycles. The van der Waals surface area contributed by atoms with Crippen LogP contribution in [0.15, 0.2) is 17.2 Å². The van der Waals surface area contributed by atoms with E-state index in [-0.39, 0.29) is 18.2 Å². The fraction of sp³-hybridized carbons (Fsp3) is 0.630. The van der Waals surface area contributed by atoms with Crippen LogP contribution in [0.2, 0.25) is 0 Å². The summed E-state index contributed by atoms with van der Waals surface area (Å²) in [6, 6.07) is -1.77. The molecule has 0 aliphatic rings. The Balaban J connectivity index is 2.68. The molecule has 0 spiro atoms. The zero-order chi connectivity index (χ0) is 29.2. The summed E-state index contributed by atoms with van der Waals surface area (Å²) in [5.74, 6) is 2.95. The molecule has 1 aromatic rings. The zero-order valence-corrected chi connectivity index (χ0v) is 23.3. The molecule has 0 fully saturated rings. The van der Waals surface area contributed by atoms with E-state index < -0.39 is 42.1 Å². The Bertz CT molecular complexity index is 1040. The van der Waals surface area contributed by atoms with E-state index in [1.54, 1.807) is 13.8 Å². The van der Waals surface area contributed by atoms with Gasteiger partial charge in [0.15, 0.2) is 0 Å². The average Bonchev–Trinajstić information content (AvgIpc) is 2.90. The molecule has 2 atom stereocenters. The van der Waals surface area contributed by atoms with Crippen LogP contribution in [0.5, 0.6) is 0 Å². The number of nitrogens with one attached hydrogen (secondary N) is 4. The molecule has 0 radical (unpaired) electrons. The van der Waals surface area contributed by atoms with Crippen LogP contribution in [0.4, 0.5) is 0 Å². The van der Waals surface area contributed by atoms with Crippen LogP contribution in [0, 0.1) is 17.8 Å². The van der Waals surface area contributed by atoms with Crippen molar-refractivity contribution in [1.29, 1.82) is 0 Å². The average molecular weight is 547 g/mol. The van der Waals surface area contributed by atoms with E-state index in [1.807, 2.05) is 0 Å². The maximum absolute atomic E-state index is 13.1. The normalized spacial score (nSPS) is 12.3. The van der Waals surface area contributed by atoms with Crippen LogP contribution in [0.1, 0.15) is 71.8 Å². The number of rotatable bonds is 17. The van der Waals surface area contributed by atoms with Gasteiger partial charge in [0.05, 0.1) is 5.56 Å². The Morgan fingerprint density at radius 2 is 1.79 bits per heavy atom. The number of carboxylic acid groups (broad SMARTS) is 1. The molecule has 216 valence electrons. The highest BCUT2D eigenvalue weighted by Crippen LogP contribution is 2.08. The topological polar surface area (TPSA) is 174 Å². The third-order valence-electron chi connectivity index (χ3n) is 6.03. The maximum Gasteiger partial charge on any atom is 0.344 e. The van der Waals surface area contributed by atoms with Crippen molar-refractivity contribution in [1.82, 2.24) is 30.8 Å². The first-order chi connectivity index (χ1) is 18.6. The minimum Gasteiger partial charge on any atom is -0.480 e. The first kappa shape index (κ1) is 33.3. The Hall–Kier alpha value is -3.72. The quantitative estimate of drug-likeness (QED) is 0.140. The molecule has 1 aromatic heterocycles. The lowest BCUT2D eigenvalue weighted by atomic mass is 10.0. The smallest absolute Gasteiger partial charge is 0.344 e. The first-order valence-electron chi connectivity index (χ1n) is 13.4. The van der Waals surface area contributed by atoms with E-state index in [1.165, 1.54) is 12.4 Å². The molecule has 12 nitrogen and oxygen atoms in total. The third-order valence-corrected chi connectivity index (χ3v) is 6.03. The summed E-state index contributed by atoms with van der Waals surface area (Å²) in [7, 11) is 0. The fourth-order valence-electron chi connectivity index (χ4n) is 3.73. The standard InChI is InChI=1S/C27H42N6O6/c1-5-33(6-2)15-11-10-13-21(25(37)28-18-23(35)36)31-26(38)24(19(3)4)32-22(34)14-9-7-8-12-20-16-29-27(39)30-17-20/h16-17,19,21,24H,5-7,9-11,13-15,18H2,1-4H3,(H,28,37)(H,31,38)(H,32,34)(H,35,36)(H,29,30,39)/t21-,24-/m0/s1. The highest BCUT2D eigenvalue weighted by atomic mass is 16.4. The van der Waals surface area contributed by atoms with E-state index in [2.05, 4.69) is 56.5 Å². The summed E-state index contributed by atoms with van der Waals surface area (Å²) in [4.78, 5) is 68.4. The third kappa shape index (κ3) is 14.1. The van der Waals surface area contributed by atoms with E-state index in [4.69, 9.17) is 5.11 Å². The summed E-state index contributed by atoms with van der Waals surface area (Å²) in [6.45, 7) is 9.89. The number of carboxylic acids is 1. The van der Waals surface area contributed by atoms with Crippen molar-refractivity contribution in [3.05, 3.63) is 28.4 Å². The highest BCUT2D eigenvalue weighted by molar-refractivity contribution is 5.93.